The van der Waals surface area contributed by atoms with Gasteiger partial charge in [0.1, 0.15) is 5.78 Å². The van der Waals surface area contributed by atoms with Gasteiger partial charge < -0.3 is 9.53 Å². The fourth-order valence-corrected chi connectivity index (χ4v) is 3.17. The second-order valence-electron chi connectivity index (χ2n) is 7.46. The van der Waals surface area contributed by atoms with Crippen LogP contribution in [0.4, 0.5) is 0 Å². The van der Waals surface area contributed by atoms with E-state index in [1.807, 2.05) is 0 Å². The highest BCUT2D eigenvalue weighted by molar-refractivity contribution is 6.74. The van der Waals surface area contributed by atoms with Crippen LogP contribution in [0.5, 0.6) is 0 Å². The summed E-state index contributed by atoms with van der Waals surface area (Å²) in [6.45, 7) is 16.8. The molecule has 0 aliphatic carbocycles. The maximum atomic E-state index is 11.1. The van der Waals surface area contributed by atoms with Gasteiger partial charge in [0, 0.05) is 12.5 Å². The second-order valence-corrected chi connectivity index (χ2v) is 12.2. The van der Waals surface area contributed by atoms with E-state index < -0.39 is 14.4 Å². The van der Waals surface area contributed by atoms with Crippen LogP contribution < -0.4 is 0 Å². The molecule has 1 N–H and O–H groups in total. The summed E-state index contributed by atoms with van der Waals surface area (Å²) >= 11 is 0. The molecule has 19 heavy (non-hydrogen) atoms. The number of carbonyl (C=O) groups is 1. The van der Waals surface area contributed by atoms with Gasteiger partial charge in [-0.15, -0.1) is 0 Å². The summed E-state index contributed by atoms with van der Waals surface area (Å²) < 4.78 is 6.38. The lowest BCUT2D eigenvalue weighted by atomic mass is 9.99. The summed E-state index contributed by atoms with van der Waals surface area (Å²) in [5.41, 5.74) is 0. The Balaban J connectivity index is 4.72. The lowest BCUT2D eigenvalue weighted by molar-refractivity contribution is -0.119. The van der Waals surface area contributed by atoms with Crippen LogP contribution in [0.25, 0.3) is 0 Å². The first-order valence-electron chi connectivity index (χ1n) is 7.22. The monoisotopic (exact) mass is 288 g/mol. The van der Waals surface area contributed by atoms with Crippen LogP contribution in [-0.2, 0) is 9.22 Å². The highest BCUT2D eigenvalue weighted by Crippen LogP contribution is 2.38. The minimum Gasteiger partial charge on any atom is -0.414 e. The predicted molar refractivity (Wildman–Crippen MR) is 82.8 cm³/mol. The van der Waals surface area contributed by atoms with E-state index in [-0.39, 0.29) is 23.3 Å². The first kappa shape index (κ1) is 18.8. The van der Waals surface area contributed by atoms with Crippen LogP contribution in [-0.4, -0.2) is 31.4 Å². The Morgan fingerprint density at radius 3 is 2.05 bits per heavy atom. The lowest BCUT2D eigenvalue weighted by Crippen LogP contribution is -2.46. The number of ketones is 1. The molecule has 0 rings (SSSR count). The average Bonchev–Trinajstić information content (AvgIpc) is 2.12. The average molecular weight is 289 g/mol. The molecule has 0 radical (unpaired) electrons. The third-order valence-electron chi connectivity index (χ3n) is 4.02. The van der Waals surface area contributed by atoms with Crippen LogP contribution in [0, 0.1) is 5.92 Å². The third kappa shape index (κ3) is 6.68. The van der Waals surface area contributed by atoms with Crippen molar-refractivity contribution in [3.05, 3.63) is 0 Å². The molecule has 0 aromatic rings. The summed E-state index contributed by atoms with van der Waals surface area (Å²) in [5, 5.41) is 10.1. The van der Waals surface area contributed by atoms with Crippen molar-refractivity contribution in [1.82, 2.24) is 0 Å². The molecule has 0 heterocycles. The Morgan fingerprint density at radius 2 is 1.74 bits per heavy atom. The highest BCUT2D eigenvalue weighted by Gasteiger charge is 2.40. The third-order valence-corrected chi connectivity index (χ3v) is 8.53. The second kappa shape index (κ2) is 7.00. The number of rotatable bonds is 7. The Morgan fingerprint density at radius 1 is 1.26 bits per heavy atom. The molecule has 0 spiro atoms. The Bertz CT molecular complexity index is 292. The van der Waals surface area contributed by atoms with E-state index in [0.29, 0.717) is 12.3 Å². The quantitative estimate of drug-likeness (QED) is 0.726. The Labute approximate surface area is 119 Å². The number of aliphatic hydroxyl groups is 1. The fourth-order valence-electron chi connectivity index (χ4n) is 1.69. The van der Waals surface area contributed by atoms with Gasteiger partial charge in [-0.1, -0.05) is 34.6 Å². The van der Waals surface area contributed by atoms with E-state index >= 15 is 0 Å². The topological polar surface area (TPSA) is 46.5 Å². The molecule has 0 aromatic heterocycles. The van der Waals surface area contributed by atoms with E-state index in [1.54, 1.807) is 0 Å². The first-order valence-corrected chi connectivity index (χ1v) is 10.1. The summed E-state index contributed by atoms with van der Waals surface area (Å²) in [6.07, 6.45) is 0.207. The summed E-state index contributed by atoms with van der Waals surface area (Å²) in [5.74, 6) is 0.373. The largest absolute Gasteiger partial charge is 0.414 e. The smallest absolute Gasteiger partial charge is 0.192 e. The van der Waals surface area contributed by atoms with Gasteiger partial charge in [-0.05, 0) is 37.4 Å². The molecule has 3 nitrogen and oxygen atoms in total. The van der Waals surface area contributed by atoms with E-state index in [4.69, 9.17) is 4.43 Å². The van der Waals surface area contributed by atoms with E-state index in [9.17, 15) is 9.90 Å². The Hall–Kier alpha value is -0.193. The van der Waals surface area contributed by atoms with Crippen molar-refractivity contribution in [2.45, 2.75) is 84.7 Å². The normalized spacial score (nSPS) is 16.5. The molecule has 0 saturated carbocycles. The van der Waals surface area contributed by atoms with Crippen molar-refractivity contribution >= 4 is 14.1 Å². The molecule has 0 aliphatic rings. The maximum Gasteiger partial charge on any atom is 0.192 e. The number of hydrogen-bond donors (Lipinski definition) is 1. The molecule has 0 aromatic carbocycles. The lowest BCUT2D eigenvalue weighted by Gasteiger charge is -2.41. The van der Waals surface area contributed by atoms with E-state index in [2.05, 4.69) is 47.7 Å². The minimum absolute atomic E-state index is 0.0234. The summed E-state index contributed by atoms with van der Waals surface area (Å²) in [6, 6.07) is 0. The van der Waals surface area contributed by atoms with E-state index in [0.717, 1.165) is 0 Å². The van der Waals surface area contributed by atoms with Gasteiger partial charge in [-0.2, -0.15) is 0 Å². The van der Waals surface area contributed by atoms with Gasteiger partial charge in [0.15, 0.2) is 8.32 Å². The van der Waals surface area contributed by atoms with Crippen molar-refractivity contribution in [1.29, 1.82) is 0 Å². The predicted octanol–water partition coefficient (Wildman–Crippen LogP) is 3.76. The van der Waals surface area contributed by atoms with Gasteiger partial charge >= 0.3 is 0 Å². The van der Waals surface area contributed by atoms with Crippen LogP contribution >= 0.6 is 0 Å². The molecule has 114 valence electrons. The first-order chi connectivity index (χ1) is 8.36. The summed E-state index contributed by atoms with van der Waals surface area (Å²) in [4.78, 5) is 11.1. The van der Waals surface area contributed by atoms with Crippen molar-refractivity contribution in [2.75, 3.05) is 0 Å². The summed E-state index contributed by atoms with van der Waals surface area (Å²) in [7, 11) is -1.83. The molecular formula is C15H32O3Si. The van der Waals surface area contributed by atoms with Gasteiger partial charge in [0.2, 0.25) is 0 Å². The standard InChI is InChI=1S/C15H32O3Si/c1-11(2)14(10-13(17)9-12(3)16)18-19(7,8)15(4,5)6/h11,13-14,17H,9-10H2,1-8H3/t13-,14+/m1/s1. The zero-order valence-electron chi connectivity index (χ0n) is 13.9. The molecule has 0 aliphatic heterocycles. The SMILES string of the molecule is CC(=O)C[C@@H](O)C[C@H](O[Si](C)(C)C(C)(C)C)C(C)C. The molecule has 2 atom stereocenters. The molecule has 0 fully saturated rings. The minimum atomic E-state index is -1.83. The fraction of sp³-hybridized carbons (Fsp3) is 0.933. The van der Waals surface area contributed by atoms with Crippen LogP contribution in [0.1, 0.15) is 54.4 Å². The van der Waals surface area contributed by atoms with Crippen LogP contribution in [0.3, 0.4) is 0 Å². The number of carbonyl (C=O) groups excluding carboxylic acids is 1. The van der Waals surface area contributed by atoms with Gasteiger partial charge in [0.25, 0.3) is 0 Å². The molecular weight excluding hydrogens is 256 g/mol. The number of aliphatic hydroxyl groups excluding tert-OH is 1. The molecule has 0 bridgehead atoms. The van der Waals surface area contributed by atoms with Crippen molar-refractivity contribution < 1.29 is 14.3 Å². The van der Waals surface area contributed by atoms with Gasteiger partial charge in [-0.25, -0.2) is 0 Å². The van der Waals surface area contributed by atoms with Crippen molar-refractivity contribution in [2.24, 2.45) is 5.92 Å². The molecule has 0 saturated heterocycles. The molecule has 0 unspecified atom stereocenters. The molecule has 0 amide bonds. The highest BCUT2D eigenvalue weighted by atomic mass is 28.4. The van der Waals surface area contributed by atoms with E-state index in [1.165, 1.54) is 6.92 Å². The number of hydrogen-bond acceptors (Lipinski definition) is 3. The van der Waals surface area contributed by atoms with Crippen LogP contribution in [0.15, 0.2) is 0 Å². The van der Waals surface area contributed by atoms with Gasteiger partial charge in [0.05, 0.1) is 6.10 Å². The maximum absolute atomic E-state index is 11.1. The van der Waals surface area contributed by atoms with Crippen molar-refractivity contribution in [3.8, 4) is 0 Å². The van der Waals surface area contributed by atoms with Crippen molar-refractivity contribution in [3.63, 3.8) is 0 Å². The Kier molecular flexibility index (Phi) is 6.93. The number of Topliss-reactive ketones (excluding diaryl/α,β-unsaturated/α-hetero) is 1. The zero-order valence-corrected chi connectivity index (χ0v) is 14.9. The van der Waals surface area contributed by atoms with Gasteiger partial charge in [-0.3, -0.25) is 4.79 Å². The van der Waals surface area contributed by atoms with Crippen LogP contribution in [0.2, 0.25) is 18.1 Å². The molecule has 4 heteroatoms. The zero-order chi connectivity index (χ0) is 15.4.